The molecule has 1 N–H and O–H groups in total. The lowest BCUT2D eigenvalue weighted by atomic mass is 10.3. The first-order chi connectivity index (χ1) is 8.74. The van der Waals surface area contributed by atoms with Gasteiger partial charge in [0.15, 0.2) is 5.82 Å². The molecule has 0 fully saturated rings. The van der Waals surface area contributed by atoms with E-state index >= 15 is 0 Å². The molecule has 96 valence electrons. The fraction of sp³-hybridized carbons (Fsp3) is 0.417. The summed E-state index contributed by atoms with van der Waals surface area (Å²) in [7, 11) is 0. The third-order valence-electron chi connectivity index (χ3n) is 2.43. The molecule has 0 amide bonds. The minimum Gasteiger partial charge on any atom is -0.369 e. The monoisotopic (exact) mass is 357 g/mol. The minimum atomic E-state index is 0.716. The normalized spacial score (nSPS) is 10.6. The van der Waals surface area contributed by atoms with E-state index in [-0.39, 0.29) is 0 Å². The molecule has 0 bridgehead atoms. The van der Waals surface area contributed by atoms with Crippen LogP contribution in [0.25, 0.3) is 11.4 Å². The summed E-state index contributed by atoms with van der Waals surface area (Å²) in [4.78, 5) is 8.88. The van der Waals surface area contributed by atoms with Crippen LogP contribution in [0.2, 0.25) is 0 Å². The first kappa shape index (κ1) is 13.3. The lowest BCUT2D eigenvalue weighted by Crippen LogP contribution is -2.03. The van der Waals surface area contributed by atoms with E-state index in [0.717, 1.165) is 34.5 Å². The topological polar surface area (TPSA) is 55.6 Å². The Hall–Kier alpha value is -1.18. The van der Waals surface area contributed by atoms with E-state index in [1.807, 2.05) is 23.3 Å². The van der Waals surface area contributed by atoms with Crippen LogP contribution in [0.3, 0.4) is 0 Å². The van der Waals surface area contributed by atoms with Crippen LogP contribution in [0, 0.1) is 3.57 Å². The van der Waals surface area contributed by atoms with Crippen LogP contribution < -0.4 is 5.32 Å². The summed E-state index contributed by atoms with van der Waals surface area (Å²) in [6.07, 6.45) is 6.70. The van der Waals surface area contributed by atoms with Gasteiger partial charge >= 0.3 is 0 Å². The van der Waals surface area contributed by atoms with Gasteiger partial charge in [-0.15, -0.1) is 0 Å². The van der Waals surface area contributed by atoms with E-state index in [1.54, 1.807) is 0 Å². The standard InChI is InChI=1S/C12H16IN5/c1-3-5-18-8-9(6-16-18)11-15-7-10(13)12(17-11)14-4-2/h6-8H,3-5H2,1-2H3,(H,14,15,17). The molecule has 0 saturated heterocycles. The summed E-state index contributed by atoms with van der Waals surface area (Å²) in [6, 6.07) is 0. The average Bonchev–Trinajstić information content (AvgIpc) is 2.81. The van der Waals surface area contributed by atoms with Crippen molar-refractivity contribution in [1.29, 1.82) is 0 Å². The lowest BCUT2D eigenvalue weighted by molar-refractivity contribution is 0.603. The summed E-state index contributed by atoms with van der Waals surface area (Å²) >= 11 is 2.23. The zero-order chi connectivity index (χ0) is 13.0. The van der Waals surface area contributed by atoms with Crippen LogP contribution in [0.4, 0.5) is 5.82 Å². The van der Waals surface area contributed by atoms with Crippen molar-refractivity contribution in [1.82, 2.24) is 19.7 Å². The summed E-state index contributed by atoms with van der Waals surface area (Å²) in [5.74, 6) is 1.60. The number of halogens is 1. The Balaban J connectivity index is 2.28. The van der Waals surface area contributed by atoms with Crippen molar-refractivity contribution in [3.63, 3.8) is 0 Å². The molecule has 6 heteroatoms. The molecule has 0 aliphatic heterocycles. The number of anilines is 1. The van der Waals surface area contributed by atoms with Crippen molar-refractivity contribution < 1.29 is 0 Å². The number of nitrogens with one attached hydrogen (secondary N) is 1. The molecule has 0 aliphatic rings. The summed E-state index contributed by atoms with van der Waals surface area (Å²) in [5.41, 5.74) is 0.957. The van der Waals surface area contributed by atoms with Gasteiger partial charge in [-0.3, -0.25) is 4.68 Å². The van der Waals surface area contributed by atoms with Gasteiger partial charge in [0.2, 0.25) is 0 Å². The molecule has 5 nitrogen and oxygen atoms in total. The minimum absolute atomic E-state index is 0.716. The molecule has 0 radical (unpaired) electrons. The third kappa shape index (κ3) is 2.98. The zero-order valence-electron chi connectivity index (χ0n) is 10.5. The van der Waals surface area contributed by atoms with Crippen molar-refractivity contribution in [3.8, 4) is 11.4 Å². The van der Waals surface area contributed by atoms with Gasteiger partial charge in [0, 0.05) is 25.5 Å². The first-order valence-electron chi connectivity index (χ1n) is 6.03. The largest absolute Gasteiger partial charge is 0.369 e. The van der Waals surface area contributed by atoms with Crippen molar-refractivity contribution in [3.05, 3.63) is 22.2 Å². The smallest absolute Gasteiger partial charge is 0.164 e. The van der Waals surface area contributed by atoms with Gasteiger partial charge in [0.25, 0.3) is 0 Å². The Kier molecular flexibility index (Phi) is 4.51. The Bertz CT molecular complexity index is 523. The third-order valence-corrected chi connectivity index (χ3v) is 3.22. The number of nitrogens with zero attached hydrogens (tertiary/aromatic N) is 4. The van der Waals surface area contributed by atoms with Gasteiger partial charge in [-0.05, 0) is 35.9 Å². The van der Waals surface area contributed by atoms with Crippen LogP contribution in [-0.2, 0) is 6.54 Å². The number of aromatic nitrogens is 4. The predicted octanol–water partition coefficient (Wildman–Crippen LogP) is 2.79. The molecular formula is C12H16IN5. The molecule has 2 rings (SSSR count). The molecule has 0 atom stereocenters. The highest BCUT2D eigenvalue weighted by molar-refractivity contribution is 14.1. The van der Waals surface area contributed by atoms with Crippen LogP contribution in [0.5, 0.6) is 0 Å². The van der Waals surface area contributed by atoms with Gasteiger partial charge in [-0.1, -0.05) is 6.92 Å². The molecule has 0 unspecified atom stereocenters. The van der Waals surface area contributed by atoms with Gasteiger partial charge in [0.05, 0.1) is 15.3 Å². The Morgan fingerprint density at radius 2 is 2.17 bits per heavy atom. The maximum Gasteiger partial charge on any atom is 0.164 e. The van der Waals surface area contributed by atoms with Crippen LogP contribution in [0.15, 0.2) is 18.6 Å². The molecule has 0 saturated carbocycles. The molecule has 0 aliphatic carbocycles. The molecule has 18 heavy (non-hydrogen) atoms. The first-order valence-corrected chi connectivity index (χ1v) is 7.11. The molecular weight excluding hydrogens is 341 g/mol. The molecule has 0 aromatic carbocycles. The highest BCUT2D eigenvalue weighted by Gasteiger charge is 2.08. The Morgan fingerprint density at radius 1 is 1.33 bits per heavy atom. The maximum atomic E-state index is 4.52. The summed E-state index contributed by atoms with van der Waals surface area (Å²) < 4.78 is 2.95. The van der Waals surface area contributed by atoms with Gasteiger partial charge in [0.1, 0.15) is 5.82 Å². The van der Waals surface area contributed by atoms with Crippen molar-refractivity contribution in [2.45, 2.75) is 26.8 Å². The van der Waals surface area contributed by atoms with E-state index < -0.39 is 0 Å². The fourth-order valence-electron chi connectivity index (χ4n) is 1.63. The van der Waals surface area contributed by atoms with E-state index in [9.17, 15) is 0 Å². The Morgan fingerprint density at radius 3 is 2.89 bits per heavy atom. The second-order valence-corrected chi connectivity index (χ2v) is 5.07. The van der Waals surface area contributed by atoms with Crippen molar-refractivity contribution in [2.24, 2.45) is 0 Å². The lowest BCUT2D eigenvalue weighted by Gasteiger charge is -2.05. The molecule has 2 aromatic heterocycles. The SMILES string of the molecule is CCCn1cc(-c2ncc(I)c(NCC)n2)cn1. The highest BCUT2D eigenvalue weighted by Crippen LogP contribution is 2.20. The zero-order valence-corrected chi connectivity index (χ0v) is 12.7. The van der Waals surface area contributed by atoms with Crippen molar-refractivity contribution >= 4 is 28.4 Å². The van der Waals surface area contributed by atoms with Crippen LogP contribution in [-0.4, -0.2) is 26.3 Å². The summed E-state index contributed by atoms with van der Waals surface area (Å²) in [6.45, 7) is 5.95. The van der Waals surface area contributed by atoms with Gasteiger partial charge in [-0.25, -0.2) is 9.97 Å². The number of hydrogen-bond acceptors (Lipinski definition) is 4. The van der Waals surface area contributed by atoms with Crippen molar-refractivity contribution in [2.75, 3.05) is 11.9 Å². The number of aryl methyl sites for hydroxylation is 1. The average molecular weight is 357 g/mol. The van der Waals surface area contributed by atoms with Gasteiger partial charge in [-0.2, -0.15) is 5.10 Å². The summed E-state index contributed by atoms with van der Waals surface area (Å²) in [5, 5.41) is 7.53. The van der Waals surface area contributed by atoms with E-state index in [1.165, 1.54) is 0 Å². The van der Waals surface area contributed by atoms with E-state index in [2.05, 4.69) is 56.8 Å². The van der Waals surface area contributed by atoms with E-state index in [0.29, 0.717) is 5.82 Å². The Labute approximate surface area is 120 Å². The molecule has 2 heterocycles. The van der Waals surface area contributed by atoms with Gasteiger partial charge < -0.3 is 5.32 Å². The molecule has 2 aromatic rings. The maximum absolute atomic E-state index is 4.52. The quantitative estimate of drug-likeness (QED) is 0.837. The molecule has 0 spiro atoms. The fourth-order valence-corrected chi connectivity index (χ4v) is 2.08. The second kappa shape index (κ2) is 6.12. The second-order valence-electron chi connectivity index (χ2n) is 3.91. The van der Waals surface area contributed by atoms with Crippen LogP contribution in [0.1, 0.15) is 20.3 Å². The predicted molar refractivity (Wildman–Crippen MR) is 80.4 cm³/mol. The number of rotatable bonds is 5. The highest BCUT2D eigenvalue weighted by atomic mass is 127. The number of hydrogen-bond donors (Lipinski definition) is 1. The van der Waals surface area contributed by atoms with E-state index in [4.69, 9.17) is 0 Å². The van der Waals surface area contributed by atoms with Crippen LogP contribution >= 0.6 is 22.6 Å².